The Kier molecular flexibility index (Phi) is 4.90. The number of Topliss-reactive ketones (excluding diaryl/α,β-unsaturated/α-hetero) is 1. The van der Waals surface area contributed by atoms with E-state index >= 15 is 0 Å². The number of carbonyl (C=O) groups excluding carboxylic acids is 1. The van der Waals surface area contributed by atoms with Crippen LogP contribution in [0.1, 0.15) is 20.3 Å². The highest BCUT2D eigenvalue weighted by Gasteiger charge is 2.20. The summed E-state index contributed by atoms with van der Waals surface area (Å²) in [6.07, 6.45) is 1.02. The molecule has 0 aliphatic rings. The number of imidazole rings is 1. The maximum absolute atomic E-state index is 11.3. The number of rotatable bonds is 4. The summed E-state index contributed by atoms with van der Waals surface area (Å²) < 4.78 is 3.95. The monoisotopic (exact) mass is 311 g/mol. The molecule has 0 atom stereocenters. The van der Waals surface area contributed by atoms with Gasteiger partial charge in [0.25, 0.3) is 0 Å². The predicted octanol–water partition coefficient (Wildman–Crippen LogP) is -1.49. The molecule has 4 nitrogen and oxygen atoms in total. The van der Waals surface area contributed by atoms with Crippen molar-refractivity contribution in [2.45, 2.75) is 33.4 Å². The normalized spacial score (nSPS) is 10.3. The molecule has 0 radical (unpaired) electrons. The summed E-state index contributed by atoms with van der Waals surface area (Å²) in [6, 6.07) is 8.00. The van der Waals surface area contributed by atoms with Crippen LogP contribution >= 0.6 is 0 Å². The first kappa shape index (κ1) is 14.7. The van der Waals surface area contributed by atoms with Crippen molar-refractivity contribution in [2.24, 2.45) is 0 Å². The lowest BCUT2D eigenvalue weighted by Crippen LogP contribution is -3.00. The van der Waals surface area contributed by atoms with Crippen molar-refractivity contribution < 1.29 is 26.3 Å². The Labute approximate surface area is 117 Å². The number of halogens is 1. The molecule has 1 aromatic carbocycles. The van der Waals surface area contributed by atoms with Gasteiger partial charge in [-0.3, -0.25) is 10.5 Å². The van der Waals surface area contributed by atoms with E-state index in [1.165, 1.54) is 0 Å². The molecule has 0 unspecified atom stereocenters. The van der Waals surface area contributed by atoms with Crippen LogP contribution in [0.25, 0.3) is 11.0 Å². The molecule has 1 aromatic heterocycles. The first-order valence-electron chi connectivity index (χ1n) is 5.91. The summed E-state index contributed by atoms with van der Waals surface area (Å²) in [5.41, 5.74) is 8.24. The van der Waals surface area contributed by atoms with Crippen LogP contribution in [0.2, 0.25) is 0 Å². The summed E-state index contributed by atoms with van der Waals surface area (Å²) in [5.74, 6) is 0.768. The van der Waals surface area contributed by atoms with Crippen LogP contribution in [-0.4, -0.2) is 10.4 Å². The molecule has 2 N–H and O–H groups in total. The summed E-state index contributed by atoms with van der Waals surface area (Å²) in [4.78, 5) is 11.3. The molecular formula is C13H18BrN3O. The van der Waals surface area contributed by atoms with Gasteiger partial charge in [0.1, 0.15) is 17.6 Å². The Hall–Kier alpha value is -1.36. The van der Waals surface area contributed by atoms with Gasteiger partial charge in [-0.05, 0) is 25.5 Å². The molecule has 0 saturated heterocycles. The van der Waals surface area contributed by atoms with E-state index in [0.29, 0.717) is 12.5 Å². The third kappa shape index (κ3) is 2.56. The molecule has 0 amide bonds. The second-order valence-electron chi connectivity index (χ2n) is 4.29. The van der Waals surface area contributed by atoms with E-state index in [4.69, 9.17) is 5.73 Å². The van der Waals surface area contributed by atoms with Crippen molar-refractivity contribution in [3.05, 3.63) is 24.3 Å². The Morgan fingerprint density at radius 3 is 2.67 bits per heavy atom. The zero-order valence-electron chi connectivity index (χ0n) is 10.7. The highest BCUT2D eigenvalue weighted by atomic mass is 79.9. The molecule has 0 bridgehead atoms. The lowest BCUT2D eigenvalue weighted by molar-refractivity contribution is -0.644. The maximum atomic E-state index is 11.3. The number of para-hydroxylation sites is 2. The quantitative estimate of drug-likeness (QED) is 0.700. The van der Waals surface area contributed by atoms with Crippen molar-refractivity contribution in [2.75, 3.05) is 5.73 Å². The van der Waals surface area contributed by atoms with Gasteiger partial charge < -0.3 is 17.0 Å². The van der Waals surface area contributed by atoms with Crippen LogP contribution in [0.5, 0.6) is 0 Å². The zero-order valence-corrected chi connectivity index (χ0v) is 12.3. The van der Waals surface area contributed by atoms with E-state index < -0.39 is 0 Å². The molecule has 0 aliphatic heterocycles. The van der Waals surface area contributed by atoms with Crippen LogP contribution in [0, 0.1) is 0 Å². The van der Waals surface area contributed by atoms with Gasteiger partial charge in [0, 0.05) is 0 Å². The maximum Gasteiger partial charge on any atom is 0.356 e. The molecule has 0 spiro atoms. The molecule has 2 aromatic rings. The highest BCUT2D eigenvalue weighted by Crippen LogP contribution is 2.16. The third-order valence-electron chi connectivity index (χ3n) is 2.84. The van der Waals surface area contributed by atoms with Crippen LogP contribution in [0.15, 0.2) is 24.3 Å². The fraction of sp³-hybridized carbons (Fsp3) is 0.385. The second kappa shape index (κ2) is 6.00. The van der Waals surface area contributed by atoms with Crippen molar-refractivity contribution >= 4 is 22.8 Å². The van der Waals surface area contributed by atoms with Gasteiger partial charge in [0.15, 0.2) is 5.78 Å². The molecule has 2 rings (SSSR count). The number of nitrogens with two attached hydrogens (primary N) is 1. The number of anilines is 1. The SMILES string of the molecule is CCCn1c(N)[n+](CC(C)=O)c2ccccc21.[Br-]. The second-order valence-corrected chi connectivity index (χ2v) is 4.29. The van der Waals surface area contributed by atoms with Crippen LogP contribution < -0.4 is 27.3 Å². The number of hydrogen-bond donors (Lipinski definition) is 1. The molecule has 18 heavy (non-hydrogen) atoms. The smallest absolute Gasteiger partial charge is 0.356 e. The number of benzene rings is 1. The lowest BCUT2D eigenvalue weighted by atomic mass is 10.3. The van der Waals surface area contributed by atoms with Gasteiger partial charge in [-0.1, -0.05) is 19.1 Å². The van der Waals surface area contributed by atoms with Gasteiger partial charge in [-0.15, -0.1) is 0 Å². The van der Waals surface area contributed by atoms with Crippen LogP contribution in [0.3, 0.4) is 0 Å². The molecule has 0 fully saturated rings. The number of fused-ring (bicyclic) bond motifs is 1. The fourth-order valence-corrected chi connectivity index (χ4v) is 2.16. The minimum atomic E-state index is 0. The van der Waals surface area contributed by atoms with E-state index in [-0.39, 0.29) is 22.8 Å². The van der Waals surface area contributed by atoms with E-state index in [9.17, 15) is 4.79 Å². The Morgan fingerprint density at radius 2 is 2.06 bits per heavy atom. The summed E-state index contributed by atoms with van der Waals surface area (Å²) >= 11 is 0. The van der Waals surface area contributed by atoms with Crippen molar-refractivity contribution in [1.82, 2.24) is 4.57 Å². The Morgan fingerprint density at radius 1 is 1.39 bits per heavy atom. The summed E-state index contributed by atoms with van der Waals surface area (Å²) in [5, 5.41) is 0. The van der Waals surface area contributed by atoms with Crippen molar-refractivity contribution in [1.29, 1.82) is 0 Å². The minimum absolute atomic E-state index is 0. The zero-order chi connectivity index (χ0) is 12.4. The molecular weight excluding hydrogens is 294 g/mol. The van der Waals surface area contributed by atoms with Crippen LogP contribution in [-0.2, 0) is 17.9 Å². The van der Waals surface area contributed by atoms with Crippen LogP contribution in [0.4, 0.5) is 5.95 Å². The fourth-order valence-electron chi connectivity index (χ4n) is 2.16. The molecule has 5 heteroatoms. The lowest BCUT2D eigenvalue weighted by Gasteiger charge is -1.98. The number of nitrogen functional groups attached to an aromatic ring is 1. The molecule has 0 aliphatic carbocycles. The van der Waals surface area contributed by atoms with E-state index in [1.807, 2.05) is 28.8 Å². The first-order valence-corrected chi connectivity index (χ1v) is 5.91. The van der Waals surface area contributed by atoms with Gasteiger partial charge in [0.05, 0.1) is 6.54 Å². The standard InChI is InChI=1S/C13H17N3O.BrH/c1-3-8-15-11-6-4-5-7-12(11)16(13(15)14)9-10(2)17;/h4-7,14H,3,8-9H2,1-2H3;1H. The predicted molar refractivity (Wildman–Crippen MR) is 67.5 cm³/mol. The number of nitrogens with zero attached hydrogens (tertiary/aromatic N) is 2. The Balaban J connectivity index is 0.00000162. The van der Waals surface area contributed by atoms with Gasteiger partial charge in [-0.2, -0.15) is 0 Å². The molecule has 1 heterocycles. The Bertz CT molecular complexity index is 563. The molecule has 0 saturated carbocycles. The van der Waals surface area contributed by atoms with Crippen molar-refractivity contribution in [3.8, 4) is 0 Å². The van der Waals surface area contributed by atoms with E-state index in [0.717, 1.165) is 24.0 Å². The van der Waals surface area contributed by atoms with Gasteiger partial charge in [0.2, 0.25) is 0 Å². The average Bonchev–Trinajstić information content (AvgIpc) is 2.55. The number of aromatic nitrogens is 2. The first-order chi connectivity index (χ1) is 8.15. The van der Waals surface area contributed by atoms with E-state index in [1.54, 1.807) is 6.92 Å². The number of ketones is 1. The number of aryl methyl sites for hydroxylation is 1. The average molecular weight is 312 g/mol. The largest absolute Gasteiger partial charge is 1.00 e. The highest BCUT2D eigenvalue weighted by molar-refractivity contribution is 5.77. The van der Waals surface area contributed by atoms with Gasteiger partial charge >= 0.3 is 5.95 Å². The summed E-state index contributed by atoms with van der Waals surface area (Å²) in [7, 11) is 0. The number of hydrogen-bond acceptors (Lipinski definition) is 2. The number of carbonyl (C=O) groups is 1. The molecule has 98 valence electrons. The van der Waals surface area contributed by atoms with Crippen molar-refractivity contribution in [3.63, 3.8) is 0 Å². The van der Waals surface area contributed by atoms with Gasteiger partial charge in [-0.25, -0.2) is 9.13 Å². The topological polar surface area (TPSA) is 51.9 Å². The third-order valence-corrected chi connectivity index (χ3v) is 2.84. The summed E-state index contributed by atoms with van der Waals surface area (Å²) in [6.45, 7) is 4.90. The van der Waals surface area contributed by atoms with E-state index in [2.05, 4.69) is 11.5 Å². The minimum Gasteiger partial charge on any atom is -1.00 e.